The molecule has 3 rings (SSSR count). The van der Waals surface area contributed by atoms with E-state index in [1.54, 1.807) is 7.11 Å². The predicted molar refractivity (Wildman–Crippen MR) is 91.9 cm³/mol. The monoisotopic (exact) mass is 310 g/mol. The molecule has 0 saturated carbocycles. The molecule has 1 atom stereocenters. The van der Waals surface area contributed by atoms with Crippen LogP contribution in [0.5, 0.6) is 5.75 Å². The molecule has 1 aliphatic heterocycles. The number of aryl methyl sites for hydroxylation is 1. The Hall–Kier alpha value is -2.33. The minimum atomic E-state index is -0.257. The molecule has 0 fully saturated rings. The van der Waals surface area contributed by atoms with Crippen molar-refractivity contribution in [3.8, 4) is 5.75 Å². The highest BCUT2D eigenvalue weighted by Crippen LogP contribution is 2.36. The Balaban J connectivity index is 2.10. The van der Waals surface area contributed by atoms with Gasteiger partial charge in [-0.2, -0.15) is 0 Å². The number of methoxy groups -OCH3 is 1. The van der Waals surface area contributed by atoms with E-state index in [-0.39, 0.29) is 11.9 Å². The summed E-state index contributed by atoms with van der Waals surface area (Å²) in [6.45, 7) is 4.10. The molecule has 0 radical (unpaired) electrons. The molecular formula is C19H22N2O2. The van der Waals surface area contributed by atoms with Gasteiger partial charge in [-0.1, -0.05) is 24.3 Å². The third-order valence-corrected chi connectivity index (χ3v) is 4.72. The van der Waals surface area contributed by atoms with Crippen LogP contribution in [0, 0.1) is 13.8 Å². The summed E-state index contributed by atoms with van der Waals surface area (Å²) >= 11 is 0. The summed E-state index contributed by atoms with van der Waals surface area (Å²) in [4.78, 5) is 11.7. The number of para-hydroxylation sites is 1. The molecule has 4 heteroatoms. The summed E-state index contributed by atoms with van der Waals surface area (Å²) in [6, 6.07) is 9.71. The average molecular weight is 310 g/mol. The van der Waals surface area contributed by atoms with E-state index in [9.17, 15) is 4.79 Å². The van der Waals surface area contributed by atoms with E-state index < -0.39 is 0 Å². The SMILES string of the molecule is COc1ccccc1C(N)c1cc2c(c(C)c1C)NC(=O)CC2. The lowest BCUT2D eigenvalue weighted by atomic mass is 9.87. The number of amides is 1. The second-order valence-electron chi connectivity index (χ2n) is 6.02. The lowest BCUT2D eigenvalue weighted by Crippen LogP contribution is -2.22. The fraction of sp³-hybridized carbons (Fsp3) is 0.316. The van der Waals surface area contributed by atoms with E-state index in [0.717, 1.165) is 45.7 Å². The number of rotatable bonds is 3. The number of hydrogen-bond acceptors (Lipinski definition) is 3. The summed E-state index contributed by atoms with van der Waals surface area (Å²) < 4.78 is 5.45. The number of nitrogens with two attached hydrogens (primary N) is 1. The summed E-state index contributed by atoms with van der Waals surface area (Å²) in [5.74, 6) is 0.879. The van der Waals surface area contributed by atoms with Crippen molar-refractivity contribution in [2.45, 2.75) is 32.7 Å². The van der Waals surface area contributed by atoms with Crippen LogP contribution in [0.3, 0.4) is 0 Å². The maximum atomic E-state index is 11.7. The standard InChI is InChI=1S/C19H22N2O2/c1-11-12(2)19-13(8-9-17(22)21-19)10-15(11)18(20)14-6-4-5-7-16(14)23-3/h4-7,10,18H,8-9,20H2,1-3H3,(H,21,22). The molecule has 0 spiro atoms. The highest BCUT2D eigenvalue weighted by Gasteiger charge is 2.23. The van der Waals surface area contributed by atoms with Crippen molar-refractivity contribution in [1.29, 1.82) is 0 Å². The van der Waals surface area contributed by atoms with Crippen LogP contribution >= 0.6 is 0 Å². The van der Waals surface area contributed by atoms with Crippen LogP contribution in [0.4, 0.5) is 5.69 Å². The van der Waals surface area contributed by atoms with E-state index >= 15 is 0 Å². The highest BCUT2D eigenvalue weighted by molar-refractivity contribution is 5.95. The number of carbonyl (C=O) groups excluding carboxylic acids is 1. The summed E-state index contributed by atoms with van der Waals surface area (Å²) in [7, 11) is 1.66. The first-order valence-electron chi connectivity index (χ1n) is 7.84. The Labute approximate surface area is 136 Å². The van der Waals surface area contributed by atoms with Gasteiger partial charge in [-0.3, -0.25) is 4.79 Å². The van der Waals surface area contributed by atoms with Crippen LogP contribution in [0.1, 0.15) is 40.3 Å². The van der Waals surface area contributed by atoms with Crippen molar-refractivity contribution in [2.24, 2.45) is 5.73 Å². The first-order chi connectivity index (χ1) is 11.0. The molecule has 2 aromatic carbocycles. The van der Waals surface area contributed by atoms with E-state index in [1.807, 2.05) is 31.2 Å². The van der Waals surface area contributed by atoms with Gasteiger partial charge in [-0.25, -0.2) is 0 Å². The lowest BCUT2D eigenvalue weighted by Gasteiger charge is -2.25. The van der Waals surface area contributed by atoms with Gasteiger partial charge < -0.3 is 15.8 Å². The fourth-order valence-corrected chi connectivity index (χ4v) is 3.25. The molecule has 1 heterocycles. The molecule has 3 N–H and O–H groups in total. The molecule has 0 saturated heterocycles. The molecule has 1 unspecified atom stereocenters. The molecule has 0 aliphatic carbocycles. The van der Waals surface area contributed by atoms with Gasteiger partial charge in [-0.15, -0.1) is 0 Å². The smallest absolute Gasteiger partial charge is 0.224 e. The van der Waals surface area contributed by atoms with Gasteiger partial charge in [0, 0.05) is 17.7 Å². The molecule has 120 valence electrons. The van der Waals surface area contributed by atoms with Gasteiger partial charge >= 0.3 is 0 Å². The van der Waals surface area contributed by atoms with E-state index in [4.69, 9.17) is 10.5 Å². The molecular weight excluding hydrogens is 288 g/mol. The van der Waals surface area contributed by atoms with Gasteiger partial charge in [0.25, 0.3) is 0 Å². The Morgan fingerprint density at radius 2 is 1.87 bits per heavy atom. The second kappa shape index (κ2) is 6.05. The van der Waals surface area contributed by atoms with Crippen LogP contribution in [-0.4, -0.2) is 13.0 Å². The molecule has 0 aromatic heterocycles. The average Bonchev–Trinajstić information content (AvgIpc) is 2.58. The van der Waals surface area contributed by atoms with Crippen molar-refractivity contribution < 1.29 is 9.53 Å². The van der Waals surface area contributed by atoms with Crippen LogP contribution in [0.25, 0.3) is 0 Å². The van der Waals surface area contributed by atoms with Crippen LogP contribution in [-0.2, 0) is 11.2 Å². The first-order valence-corrected chi connectivity index (χ1v) is 7.84. The summed E-state index contributed by atoms with van der Waals surface area (Å²) in [6.07, 6.45) is 1.28. The van der Waals surface area contributed by atoms with Crippen LogP contribution in [0.15, 0.2) is 30.3 Å². The van der Waals surface area contributed by atoms with E-state index in [1.165, 1.54) is 0 Å². The Kier molecular flexibility index (Phi) is 4.09. The first kappa shape index (κ1) is 15.6. The number of hydrogen-bond donors (Lipinski definition) is 2. The number of benzene rings is 2. The number of carbonyl (C=O) groups is 1. The van der Waals surface area contributed by atoms with Crippen molar-refractivity contribution in [3.63, 3.8) is 0 Å². The van der Waals surface area contributed by atoms with Gasteiger partial charge in [-0.05, 0) is 48.6 Å². The minimum Gasteiger partial charge on any atom is -0.496 e. The molecule has 1 aliphatic rings. The summed E-state index contributed by atoms with van der Waals surface area (Å²) in [5, 5.41) is 2.99. The van der Waals surface area contributed by atoms with Crippen molar-refractivity contribution >= 4 is 11.6 Å². The number of ether oxygens (including phenoxy) is 1. The topological polar surface area (TPSA) is 64.3 Å². The quantitative estimate of drug-likeness (QED) is 0.914. The lowest BCUT2D eigenvalue weighted by molar-refractivity contribution is -0.116. The van der Waals surface area contributed by atoms with Gasteiger partial charge in [0.1, 0.15) is 5.75 Å². The third kappa shape index (κ3) is 2.70. The minimum absolute atomic E-state index is 0.0850. The molecule has 0 bridgehead atoms. The number of anilines is 1. The zero-order chi connectivity index (χ0) is 16.6. The summed E-state index contributed by atoms with van der Waals surface area (Å²) in [5.41, 5.74) is 12.9. The zero-order valence-corrected chi connectivity index (χ0v) is 13.8. The Morgan fingerprint density at radius 1 is 1.13 bits per heavy atom. The Morgan fingerprint density at radius 3 is 2.61 bits per heavy atom. The van der Waals surface area contributed by atoms with Crippen molar-refractivity contribution in [2.75, 3.05) is 12.4 Å². The third-order valence-electron chi connectivity index (χ3n) is 4.72. The van der Waals surface area contributed by atoms with E-state index in [2.05, 4.69) is 18.3 Å². The maximum Gasteiger partial charge on any atom is 0.224 e. The molecule has 23 heavy (non-hydrogen) atoms. The number of nitrogens with one attached hydrogen (secondary N) is 1. The Bertz CT molecular complexity index is 768. The van der Waals surface area contributed by atoms with Crippen LogP contribution in [0.2, 0.25) is 0 Å². The number of fused-ring (bicyclic) bond motifs is 1. The fourth-order valence-electron chi connectivity index (χ4n) is 3.25. The van der Waals surface area contributed by atoms with Crippen LogP contribution < -0.4 is 15.8 Å². The van der Waals surface area contributed by atoms with Gasteiger partial charge in [0.05, 0.1) is 13.2 Å². The van der Waals surface area contributed by atoms with Crippen molar-refractivity contribution in [1.82, 2.24) is 0 Å². The molecule has 4 nitrogen and oxygen atoms in total. The highest BCUT2D eigenvalue weighted by atomic mass is 16.5. The van der Waals surface area contributed by atoms with E-state index in [0.29, 0.717) is 6.42 Å². The molecule has 2 aromatic rings. The van der Waals surface area contributed by atoms with Gasteiger partial charge in [0.2, 0.25) is 5.91 Å². The normalized spacial score (nSPS) is 14.9. The zero-order valence-electron chi connectivity index (χ0n) is 13.8. The predicted octanol–water partition coefficient (Wildman–Crippen LogP) is 3.24. The second-order valence-corrected chi connectivity index (χ2v) is 6.02. The van der Waals surface area contributed by atoms with Gasteiger partial charge in [0.15, 0.2) is 0 Å². The maximum absolute atomic E-state index is 11.7. The molecule has 1 amide bonds. The van der Waals surface area contributed by atoms with Crippen molar-refractivity contribution in [3.05, 3.63) is 58.1 Å². The largest absolute Gasteiger partial charge is 0.496 e.